The topological polar surface area (TPSA) is 47.6 Å². The van der Waals surface area contributed by atoms with Crippen molar-refractivity contribution in [2.75, 3.05) is 0 Å². The predicted octanol–water partition coefficient (Wildman–Crippen LogP) is 1.72. The van der Waals surface area contributed by atoms with Crippen molar-refractivity contribution in [3.8, 4) is 12.1 Å². The van der Waals surface area contributed by atoms with Crippen LogP contribution in [-0.4, -0.2) is 0 Å². The number of nitrogens with zero attached hydrogens (tertiary/aromatic N) is 2. The SMILES string of the molecule is N#Cc1ccc(S)cc1C#N. The van der Waals surface area contributed by atoms with Crippen LogP contribution in [0.2, 0.25) is 0 Å². The van der Waals surface area contributed by atoms with E-state index in [0.29, 0.717) is 16.0 Å². The molecule has 0 spiro atoms. The van der Waals surface area contributed by atoms with Crippen molar-refractivity contribution in [2.24, 2.45) is 0 Å². The minimum Gasteiger partial charge on any atom is -0.192 e. The molecule has 1 aromatic rings. The van der Waals surface area contributed by atoms with Gasteiger partial charge in [-0.3, -0.25) is 0 Å². The fourth-order valence-electron chi connectivity index (χ4n) is 0.722. The molecule has 0 aromatic heterocycles. The molecule has 11 heavy (non-hydrogen) atoms. The quantitative estimate of drug-likeness (QED) is 0.587. The molecule has 0 radical (unpaired) electrons. The Hall–Kier alpha value is -1.45. The Labute approximate surface area is 70.1 Å². The van der Waals surface area contributed by atoms with Crippen LogP contribution >= 0.6 is 12.6 Å². The van der Waals surface area contributed by atoms with Crippen LogP contribution in [0.25, 0.3) is 0 Å². The summed E-state index contributed by atoms with van der Waals surface area (Å²) >= 11 is 4.03. The van der Waals surface area contributed by atoms with Crippen LogP contribution in [0.1, 0.15) is 11.1 Å². The van der Waals surface area contributed by atoms with Crippen molar-refractivity contribution in [3.05, 3.63) is 29.3 Å². The zero-order valence-corrected chi connectivity index (χ0v) is 6.47. The van der Waals surface area contributed by atoms with Crippen LogP contribution in [0.15, 0.2) is 23.1 Å². The molecule has 0 saturated carbocycles. The summed E-state index contributed by atoms with van der Waals surface area (Å²) in [5, 5.41) is 17.1. The van der Waals surface area contributed by atoms with Crippen molar-refractivity contribution in [2.45, 2.75) is 4.90 Å². The Bertz CT molecular complexity index is 357. The standard InChI is InChI=1S/C8H4N2S/c9-4-6-1-2-8(11)3-7(6)5-10/h1-3,11H. The normalized spacial score (nSPS) is 8.27. The third-order valence-corrected chi connectivity index (χ3v) is 1.52. The van der Waals surface area contributed by atoms with Gasteiger partial charge in [-0.05, 0) is 18.2 Å². The second-order valence-corrected chi connectivity index (χ2v) is 2.47. The number of benzene rings is 1. The summed E-state index contributed by atoms with van der Waals surface area (Å²) in [6, 6.07) is 8.67. The van der Waals surface area contributed by atoms with Gasteiger partial charge in [0.05, 0.1) is 11.1 Å². The average Bonchev–Trinajstić information content (AvgIpc) is 2.04. The van der Waals surface area contributed by atoms with E-state index in [1.165, 1.54) is 0 Å². The van der Waals surface area contributed by atoms with Gasteiger partial charge in [-0.1, -0.05) is 0 Å². The van der Waals surface area contributed by atoms with Crippen molar-refractivity contribution in [3.63, 3.8) is 0 Å². The molecule has 1 aromatic carbocycles. The lowest BCUT2D eigenvalue weighted by molar-refractivity contribution is 1.37. The molecule has 52 valence electrons. The third kappa shape index (κ3) is 1.52. The molecule has 0 bridgehead atoms. The highest BCUT2D eigenvalue weighted by atomic mass is 32.1. The van der Waals surface area contributed by atoms with E-state index in [2.05, 4.69) is 12.6 Å². The molecular weight excluding hydrogens is 156 g/mol. The van der Waals surface area contributed by atoms with Gasteiger partial charge in [0.15, 0.2) is 0 Å². The fraction of sp³-hybridized carbons (Fsp3) is 0. The van der Waals surface area contributed by atoms with E-state index >= 15 is 0 Å². The smallest absolute Gasteiger partial charge is 0.101 e. The van der Waals surface area contributed by atoms with E-state index in [1.807, 2.05) is 12.1 Å². The first-order chi connectivity index (χ1) is 5.27. The number of nitriles is 2. The number of thiol groups is 1. The third-order valence-electron chi connectivity index (χ3n) is 1.24. The summed E-state index contributed by atoms with van der Waals surface area (Å²) in [4.78, 5) is 0.695. The lowest BCUT2D eigenvalue weighted by Gasteiger charge is -1.93. The summed E-state index contributed by atoms with van der Waals surface area (Å²) < 4.78 is 0. The highest BCUT2D eigenvalue weighted by molar-refractivity contribution is 7.80. The van der Waals surface area contributed by atoms with Gasteiger partial charge >= 0.3 is 0 Å². The summed E-state index contributed by atoms with van der Waals surface area (Å²) in [5.74, 6) is 0. The highest BCUT2D eigenvalue weighted by Crippen LogP contribution is 2.12. The van der Waals surface area contributed by atoms with Gasteiger partial charge in [-0.2, -0.15) is 10.5 Å². The Kier molecular flexibility index (Phi) is 2.15. The molecule has 0 N–H and O–H groups in total. The lowest BCUT2D eigenvalue weighted by Crippen LogP contribution is -1.81. The maximum atomic E-state index is 8.54. The van der Waals surface area contributed by atoms with Crippen LogP contribution in [0.5, 0.6) is 0 Å². The van der Waals surface area contributed by atoms with E-state index in [4.69, 9.17) is 10.5 Å². The molecule has 0 aliphatic rings. The molecule has 2 nitrogen and oxygen atoms in total. The van der Waals surface area contributed by atoms with E-state index in [-0.39, 0.29) is 0 Å². The minimum atomic E-state index is 0.375. The van der Waals surface area contributed by atoms with E-state index in [0.717, 1.165) is 0 Å². The molecule has 1 rings (SSSR count). The maximum Gasteiger partial charge on any atom is 0.101 e. The number of hydrogen-bond donors (Lipinski definition) is 1. The summed E-state index contributed by atoms with van der Waals surface area (Å²) in [5.41, 5.74) is 0.769. The molecule has 0 aliphatic heterocycles. The zero-order valence-electron chi connectivity index (χ0n) is 5.57. The van der Waals surface area contributed by atoms with E-state index in [1.54, 1.807) is 18.2 Å². The van der Waals surface area contributed by atoms with Gasteiger partial charge in [0.2, 0.25) is 0 Å². The largest absolute Gasteiger partial charge is 0.192 e. The molecule has 0 aliphatic carbocycles. The number of hydrogen-bond acceptors (Lipinski definition) is 3. The van der Waals surface area contributed by atoms with Crippen molar-refractivity contribution in [1.82, 2.24) is 0 Å². The molecule has 3 heteroatoms. The van der Waals surface area contributed by atoms with Crippen molar-refractivity contribution < 1.29 is 0 Å². The van der Waals surface area contributed by atoms with E-state index < -0.39 is 0 Å². The van der Waals surface area contributed by atoms with Crippen LogP contribution in [0.4, 0.5) is 0 Å². The lowest BCUT2D eigenvalue weighted by atomic mass is 10.1. The summed E-state index contributed by atoms with van der Waals surface area (Å²) in [7, 11) is 0. The van der Waals surface area contributed by atoms with Gasteiger partial charge < -0.3 is 0 Å². The van der Waals surface area contributed by atoms with Gasteiger partial charge in [0, 0.05) is 4.90 Å². The summed E-state index contributed by atoms with van der Waals surface area (Å²) in [6.45, 7) is 0. The summed E-state index contributed by atoms with van der Waals surface area (Å²) in [6.07, 6.45) is 0. The molecular formula is C8H4N2S. The van der Waals surface area contributed by atoms with Gasteiger partial charge in [-0.15, -0.1) is 12.6 Å². The van der Waals surface area contributed by atoms with Crippen molar-refractivity contribution in [1.29, 1.82) is 10.5 Å². The van der Waals surface area contributed by atoms with Crippen LogP contribution < -0.4 is 0 Å². The molecule has 0 unspecified atom stereocenters. The first-order valence-corrected chi connectivity index (χ1v) is 3.36. The van der Waals surface area contributed by atoms with Gasteiger partial charge in [0.1, 0.15) is 12.1 Å². The second kappa shape index (κ2) is 3.09. The number of rotatable bonds is 0. The Morgan fingerprint density at radius 2 is 1.73 bits per heavy atom. The van der Waals surface area contributed by atoms with Gasteiger partial charge in [-0.25, -0.2) is 0 Å². The van der Waals surface area contributed by atoms with Crippen LogP contribution in [-0.2, 0) is 0 Å². The highest BCUT2D eigenvalue weighted by Gasteiger charge is 1.99. The first kappa shape index (κ1) is 7.65. The predicted molar refractivity (Wildman–Crippen MR) is 43.1 cm³/mol. The Morgan fingerprint density at radius 3 is 2.27 bits per heavy atom. The average molecular weight is 160 g/mol. The monoisotopic (exact) mass is 160 g/mol. The zero-order chi connectivity index (χ0) is 8.27. The molecule has 0 heterocycles. The van der Waals surface area contributed by atoms with E-state index in [9.17, 15) is 0 Å². The van der Waals surface area contributed by atoms with Gasteiger partial charge in [0.25, 0.3) is 0 Å². The maximum absolute atomic E-state index is 8.54. The molecule has 0 amide bonds. The minimum absolute atomic E-state index is 0.375. The molecule has 0 fully saturated rings. The Balaban J connectivity index is 3.34. The first-order valence-electron chi connectivity index (χ1n) is 2.91. The fourth-order valence-corrected chi connectivity index (χ4v) is 0.926. The molecule has 0 atom stereocenters. The van der Waals surface area contributed by atoms with Crippen LogP contribution in [0.3, 0.4) is 0 Å². The Morgan fingerprint density at radius 1 is 1.09 bits per heavy atom. The second-order valence-electron chi connectivity index (χ2n) is 1.95. The van der Waals surface area contributed by atoms with Crippen LogP contribution in [0, 0.1) is 22.7 Å². The van der Waals surface area contributed by atoms with Crippen molar-refractivity contribution >= 4 is 12.6 Å². The molecule has 0 saturated heterocycles.